The second-order valence-corrected chi connectivity index (χ2v) is 6.58. The van der Waals surface area contributed by atoms with Crippen molar-refractivity contribution in [3.05, 3.63) is 28.8 Å². The summed E-state index contributed by atoms with van der Waals surface area (Å²) in [5.41, 5.74) is 1.57. The molecule has 2 aliphatic rings. The Morgan fingerprint density at radius 2 is 1.90 bits per heavy atom. The monoisotopic (exact) mass is 307 g/mol. The fraction of sp³-hybridized carbons (Fsp3) is 0.500. The Morgan fingerprint density at radius 1 is 1.24 bits per heavy atom. The van der Waals surface area contributed by atoms with E-state index in [0.717, 1.165) is 24.8 Å². The number of hydrogen-bond acceptors (Lipinski definition) is 2. The zero-order valence-electron chi connectivity index (χ0n) is 11.8. The molecule has 0 aromatic heterocycles. The number of rotatable bonds is 3. The van der Waals surface area contributed by atoms with Crippen LogP contribution in [0.15, 0.2) is 18.2 Å². The van der Waals surface area contributed by atoms with Crippen LogP contribution < -0.4 is 5.32 Å². The minimum absolute atomic E-state index is 0.157. The van der Waals surface area contributed by atoms with E-state index in [4.69, 9.17) is 11.6 Å². The molecule has 2 bridgehead atoms. The molecule has 0 saturated heterocycles. The number of aliphatic carboxylic acids is 1. The zero-order chi connectivity index (χ0) is 15.1. The number of halogens is 1. The van der Waals surface area contributed by atoms with Crippen LogP contribution in [0, 0.1) is 30.6 Å². The van der Waals surface area contributed by atoms with Crippen LogP contribution in [0.25, 0.3) is 0 Å². The third-order valence-corrected chi connectivity index (χ3v) is 5.35. The van der Waals surface area contributed by atoms with E-state index in [0.29, 0.717) is 10.7 Å². The Hall–Kier alpha value is -1.55. The molecule has 5 heteroatoms. The summed E-state index contributed by atoms with van der Waals surface area (Å²) < 4.78 is 0. The van der Waals surface area contributed by atoms with Crippen LogP contribution in [0.4, 0.5) is 5.69 Å². The summed E-state index contributed by atoms with van der Waals surface area (Å²) in [7, 11) is 0. The predicted molar refractivity (Wildman–Crippen MR) is 80.3 cm³/mol. The van der Waals surface area contributed by atoms with E-state index >= 15 is 0 Å². The fourth-order valence-electron chi connectivity index (χ4n) is 3.92. The predicted octanol–water partition coefficient (Wildman–Crippen LogP) is 3.33. The van der Waals surface area contributed by atoms with Gasteiger partial charge in [0.05, 0.1) is 11.8 Å². The van der Waals surface area contributed by atoms with Crippen LogP contribution in [-0.4, -0.2) is 17.0 Å². The van der Waals surface area contributed by atoms with Crippen LogP contribution in [0.5, 0.6) is 0 Å². The molecule has 112 valence electrons. The van der Waals surface area contributed by atoms with Gasteiger partial charge in [-0.25, -0.2) is 0 Å². The minimum Gasteiger partial charge on any atom is -0.481 e. The molecule has 1 aromatic carbocycles. The van der Waals surface area contributed by atoms with E-state index in [-0.39, 0.29) is 17.7 Å². The van der Waals surface area contributed by atoms with Gasteiger partial charge >= 0.3 is 5.97 Å². The molecule has 1 aromatic rings. The van der Waals surface area contributed by atoms with Gasteiger partial charge in [0, 0.05) is 10.7 Å². The summed E-state index contributed by atoms with van der Waals surface area (Å²) in [6.07, 6.45) is 2.76. The van der Waals surface area contributed by atoms with Crippen molar-refractivity contribution in [2.75, 3.05) is 5.32 Å². The standard InChI is InChI=1S/C16H18ClNO3/c1-8-2-5-11(7-12(8)17)18-15(19)13-9-3-4-10(6-9)14(13)16(20)21/h2,5,7,9-10,13-14H,3-4,6H2,1H3,(H,18,19)(H,20,21). The molecular weight excluding hydrogens is 290 g/mol. The highest BCUT2D eigenvalue weighted by Gasteiger charge is 2.53. The van der Waals surface area contributed by atoms with Gasteiger partial charge in [0.2, 0.25) is 5.91 Å². The number of anilines is 1. The Kier molecular flexibility index (Phi) is 3.66. The average molecular weight is 308 g/mol. The Bertz CT molecular complexity index is 601. The molecule has 4 unspecified atom stereocenters. The highest BCUT2D eigenvalue weighted by atomic mass is 35.5. The first-order chi connectivity index (χ1) is 9.97. The van der Waals surface area contributed by atoms with Gasteiger partial charge in [-0.3, -0.25) is 9.59 Å². The number of benzene rings is 1. The topological polar surface area (TPSA) is 66.4 Å². The number of carbonyl (C=O) groups excluding carboxylic acids is 1. The number of carboxylic acids is 1. The van der Waals surface area contributed by atoms with E-state index in [2.05, 4.69) is 5.32 Å². The van der Waals surface area contributed by atoms with Crippen molar-refractivity contribution in [2.24, 2.45) is 23.7 Å². The fourth-order valence-corrected chi connectivity index (χ4v) is 4.10. The maximum absolute atomic E-state index is 12.5. The average Bonchev–Trinajstić information content (AvgIpc) is 3.03. The lowest BCUT2D eigenvalue weighted by atomic mass is 9.78. The van der Waals surface area contributed by atoms with Crippen molar-refractivity contribution in [3.8, 4) is 0 Å². The number of nitrogens with one attached hydrogen (secondary N) is 1. The normalized spacial score (nSPS) is 30.4. The van der Waals surface area contributed by atoms with Crippen molar-refractivity contribution < 1.29 is 14.7 Å². The van der Waals surface area contributed by atoms with Gasteiger partial charge in [-0.15, -0.1) is 0 Å². The first-order valence-electron chi connectivity index (χ1n) is 7.27. The lowest BCUT2D eigenvalue weighted by molar-refractivity contribution is -0.148. The molecule has 0 aliphatic heterocycles. The molecule has 2 aliphatic carbocycles. The van der Waals surface area contributed by atoms with Crippen LogP contribution in [0.3, 0.4) is 0 Å². The zero-order valence-corrected chi connectivity index (χ0v) is 12.6. The highest BCUT2D eigenvalue weighted by Crippen LogP contribution is 2.52. The summed E-state index contributed by atoms with van der Waals surface area (Å²) >= 11 is 6.05. The maximum Gasteiger partial charge on any atom is 0.307 e. The molecule has 2 N–H and O–H groups in total. The molecule has 4 nitrogen and oxygen atoms in total. The smallest absolute Gasteiger partial charge is 0.307 e. The van der Waals surface area contributed by atoms with Crippen molar-refractivity contribution in [2.45, 2.75) is 26.2 Å². The molecule has 1 amide bonds. The number of aryl methyl sites for hydroxylation is 1. The molecule has 3 rings (SSSR count). The quantitative estimate of drug-likeness (QED) is 0.900. The summed E-state index contributed by atoms with van der Waals surface area (Å²) in [5.74, 6) is -1.62. The summed E-state index contributed by atoms with van der Waals surface area (Å²) in [5, 5.41) is 12.8. The van der Waals surface area contributed by atoms with Crippen LogP contribution in [-0.2, 0) is 9.59 Å². The molecule has 0 heterocycles. The van der Waals surface area contributed by atoms with E-state index in [1.54, 1.807) is 12.1 Å². The van der Waals surface area contributed by atoms with Gasteiger partial charge in [0.1, 0.15) is 0 Å². The van der Waals surface area contributed by atoms with Gasteiger partial charge < -0.3 is 10.4 Å². The number of carbonyl (C=O) groups is 2. The molecule has 0 radical (unpaired) electrons. The van der Waals surface area contributed by atoms with Gasteiger partial charge in [-0.1, -0.05) is 17.7 Å². The number of hydrogen-bond donors (Lipinski definition) is 2. The number of carboxylic acid groups (broad SMARTS) is 1. The lowest BCUT2D eigenvalue weighted by Gasteiger charge is -2.27. The second kappa shape index (κ2) is 5.34. The summed E-state index contributed by atoms with van der Waals surface area (Å²) in [4.78, 5) is 24.0. The van der Waals surface area contributed by atoms with Gasteiger partial charge in [-0.2, -0.15) is 0 Å². The Morgan fingerprint density at radius 3 is 2.52 bits per heavy atom. The maximum atomic E-state index is 12.5. The molecule has 0 spiro atoms. The van der Waals surface area contributed by atoms with Crippen LogP contribution in [0.2, 0.25) is 5.02 Å². The lowest BCUT2D eigenvalue weighted by Crippen LogP contribution is -2.37. The summed E-state index contributed by atoms with van der Waals surface area (Å²) in [6, 6.07) is 5.34. The van der Waals surface area contributed by atoms with Crippen LogP contribution >= 0.6 is 11.6 Å². The SMILES string of the molecule is Cc1ccc(NC(=O)C2C3CCC(C3)C2C(=O)O)cc1Cl. The van der Waals surface area contributed by atoms with E-state index in [9.17, 15) is 14.7 Å². The van der Waals surface area contributed by atoms with E-state index in [1.807, 2.05) is 13.0 Å². The number of amides is 1. The Labute approximate surface area is 128 Å². The van der Waals surface area contributed by atoms with Crippen LogP contribution in [0.1, 0.15) is 24.8 Å². The minimum atomic E-state index is -0.843. The first-order valence-corrected chi connectivity index (χ1v) is 7.65. The van der Waals surface area contributed by atoms with Gasteiger partial charge in [0.15, 0.2) is 0 Å². The third-order valence-electron chi connectivity index (χ3n) is 4.94. The van der Waals surface area contributed by atoms with E-state index in [1.165, 1.54) is 0 Å². The van der Waals surface area contributed by atoms with Crippen molar-refractivity contribution >= 4 is 29.2 Å². The van der Waals surface area contributed by atoms with Crippen molar-refractivity contribution in [3.63, 3.8) is 0 Å². The summed E-state index contributed by atoms with van der Waals surface area (Å²) in [6.45, 7) is 1.89. The van der Waals surface area contributed by atoms with Gasteiger partial charge in [0.25, 0.3) is 0 Å². The third kappa shape index (κ3) is 2.53. The molecule has 2 fully saturated rings. The van der Waals surface area contributed by atoms with Gasteiger partial charge in [-0.05, 0) is 55.7 Å². The molecule has 2 saturated carbocycles. The second-order valence-electron chi connectivity index (χ2n) is 6.18. The molecule has 21 heavy (non-hydrogen) atoms. The highest BCUT2D eigenvalue weighted by molar-refractivity contribution is 6.31. The molecule has 4 atom stereocenters. The van der Waals surface area contributed by atoms with E-state index < -0.39 is 17.8 Å². The largest absolute Gasteiger partial charge is 0.481 e. The number of fused-ring (bicyclic) bond motifs is 2. The molecular formula is C16H18ClNO3. The van der Waals surface area contributed by atoms with Crippen molar-refractivity contribution in [1.82, 2.24) is 0 Å². The Balaban J connectivity index is 1.78. The first kappa shape index (κ1) is 14.4. The van der Waals surface area contributed by atoms with Crippen molar-refractivity contribution in [1.29, 1.82) is 0 Å².